The van der Waals surface area contributed by atoms with E-state index in [9.17, 15) is 9.59 Å². The van der Waals surface area contributed by atoms with E-state index in [1.807, 2.05) is 41.8 Å². The van der Waals surface area contributed by atoms with Gasteiger partial charge in [0.2, 0.25) is 0 Å². The summed E-state index contributed by atoms with van der Waals surface area (Å²) in [5, 5.41) is 8.52. The van der Waals surface area contributed by atoms with Crippen LogP contribution in [0.4, 0.5) is 0 Å². The Morgan fingerprint density at radius 1 is 1.12 bits per heavy atom. The summed E-state index contributed by atoms with van der Waals surface area (Å²) in [6.07, 6.45) is 7.79. The molecule has 0 atom stereocenters. The molecule has 160 valence electrons. The fourth-order valence-corrected chi connectivity index (χ4v) is 4.08. The van der Waals surface area contributed by atoms with Crippen LogP contribution in [0.3, 0.4) is 0 Å². The van der Waals surface area contributed by atoms with E-state index in [-0.39, 0.29) is 17.3 Å². The minimum absolute atomic E-state index is 0.00957. The molecule has 0 radical (unpaired) electrons. The van der Waals surface area contributed by atoms with Crippen molar-refractivity contribution in [3.8, 4) is 22.8 Å². The van der Waals surface area contributed by atoms with Gasteiger partial charge in [-0.15, -0.1) is 10.2 Å². The van der Waals surface area contributed by atoms with Crippen LogP contribution in [0.15, 0.2) is 52.4 Å². The topological polar surface area (TPSA) is 116 Å². The number of aromatic nitrogens is 8. The molecule has 0 unspecified atom stereocenters. The van der Waals surface area contributed by atoms with Crippen molar-refractivity contribution in [1.29, 1.82) is 0 Å². The summed E-state index contributed by atoms with van der Waals surface area (Å²) in [7, 11) is 0. The normalized spacial score (nSPS) is 13.9. The van der Waals surface area contributed by atoms with E-state index < -0.39 is 0 Å². The van der Waals surface area contributed by atoms with Gasteiger partial charge in [0, 0.05) is 42.3 Å². The Hall–Kier alpha value is -4.08. The Balaban J connectivity index is 1.56. The van der Waals surface area contributed by atoms with Crippen molar-refractivity contribution in [2.75, 3.05) is 0 Å². The average Bonchev–Trinajstić information content (AvgIpc) is 3.39. The zero-order valence-corrected chi connectivity index (χ0v) is 17.4. The van der Waals surface area contributed by atoms with Crippen molar-refractivity contribution in [2.24, 2.45) is 0 Å². The molecule has 0 aromatic carbocycles. The van der Waals surface area contributed by atoms with E-state index in [0.29, 0.717) is 35.0 Å². The molecule has 10 heteroatoms. The Kier molecular flexibility index (Phi) is 4.07. The van der Waals surface area contributed by atoms with Gasteiger partial charge in [-0.1, -0.05) is 6.92 Å². The number of hydrogen-bond donors (Lipinski definition) is 1. The third-order valence-electron chi connectivity index (χ3n) is 5.76. The number of imidazole rings is 1. The highest BCUT2D eigenvalue weighted by atomic mass is 16.2. The Morgan fingerprint density at radius 2 is 2.00 bits per heavy atom. The second-order valence-corrected chi connectivity index (χ2v) is 8.04. The molecule has 1 aliphatic carbocycles. The lowest BCUT2D eigenvalue weighted by atomic mass is 10.2. The van der Waals surface area contributed by atoms with Crippen LogP contribution < -0.4 is 11.2 Å². The van der Waals surface area contributed by atoms with Crippen molar-refractivity contribution >= 4 is 16.8 Å². The number of hydrogen-bond acceptors (Lipinski definition) is 6. The number of pyridine rings is 2. The highest BCUT2D eigenvalue weighted by molar-refractivity contribution is 5.76. The highest BCUT2D eigenvalue weighted by Gasteiger charge is 2.30. The van der Waals surface area contributed by atoms with Gasteiger partial charge in [-0.05, 0) is 43.5 Å². The number of H-pyrrole nitrogens is 1. The smallest absolute Gasteiger partial charge is 0.332 e. The van der Waals surface area contributed by atoms with Crippen LogP contribution in [0.2, 0.25) is 0 Å². The number of aryl methyl sites for hydroxylation is 1. The van der Waals surface area contributed by atoms with E-state index in [0.717, 1.165) is 30.4 Å². The van der Waals surface area contributed by atoms with E-state index in [1.54, 1.807) is 17.0 Å². The van der Waals surface area contributed by atoms with Gasteiger partial charge in [0.1, 0.15) is 11.3 Å². The van der Waals surface area contributed by atoms with Crippen LogP contribution in [0.5, 0.6) is 0 Å². The average molecular weight is 428 g/mol. The first-order valence-corrected chi connectivity index (χ1v) is 10.7. The molecule has 0 spiro atoms. The molecule has 5 aromatic heterocycles. The highest BCUT2D eigenvalue weighted by Crippen LogP contribution is 2.32. The van der Waals surface area contributed by atoms with Crippen LogP contribution in [-0.2, 0) is 6.54 Å². The number of nitrogens with one attached hydrogen (secondary N) is 1. The molecule has 1 saturated carbocycles. The van der Waals surface area contributed by atoms with Crippen LogP contribution in [0.25, 0.3) is 39.6 Å². The maximum atomic E-state index is 13.1. The number of rotatable bonds is 5. The summed E-state index contributed by atoms with van der Waals surface area (Å²) < 4.78 is 4.85. The first-order valence-electron chi connectivity index (χ1n) is 10.7. The first kappa shape index (κ1) is 18.7. The van der Waals surface area contributed by atoms with Gasteiger partial charge in [0.15, 0.2) is 17.1 Å². The van der Waals surface area contributed by atoms with Crippen molar-refractivity contribution in [3.63, 3.8) is 0 Å². The molecule has 1 N–H and O–H groups in total. The molecule has 0 aliphatic heterocycles. The minimum Gasteiger partial charge on any atom is -0.332 e. The summed E-state index contributed by atoms with van der Waals surface area (Å²) in [6, 6.07) is 7.47. The molecule has 1 aliphatic rings. The van der Waals surface area contributed by atoms with Crippen LogP contribution in [0.1, 0.15) is 32.2 Å². The summed E-state index contributed by atoms with van der Waals surface area (Å²) >= 11 is 0. The fraction of sp³-hybridized carbons (Fsp3) is 0.273. The van der Waals surface area contributed by atoms with Gasteiger partial charge in [-0.2, -0.15) is 0 Å². The number of fused-ring (bicyclic) bond motifs is 2. The van der Waals surface area contributed by atoms with E-state index in [2.05, 4.69) is 25.1 Å². The lowest BCUT2D eigenvalue weighted by molar-refractivity contribution is 0.571. The van der Waals surface area contributed by atoms with Gasteiger partial charge >= 0.3 is 5.69 Å². The number of nitrogens with zero attached hydrogens (tertiary/aromatic N) is 7. The van der Waals surface area contributed by atoms with E-state index >= 15 is 0 Å². The largest absolute Gasteiger partial charge is 0.333 e. The van der Waals surface area contributed by atoms with Gasteiger partial charge < -0.3 is 4.98 Å². The molecule has 1 fully saturated rings. The molecule has 10 nitrogen and oxygen atoms in total. The van der Waals surface area contributed by atoms with E-state index in [4.69, 9.17) is 0 Å². The van der Waals surface area contributed by atoms with Crippen LogP contribution in [0, 0.1) is 0 Å². The molecule has 5 aromatic rings. The second-order valence-electron chi connectivity index (χ2n) is 8.04. The summed E-state index contributed by atoms with van der Waals surface area (Å²) in [5.41, 5.74) is 2.44. The molecule has 5 heterocycles. The van der Waals surface area contributed by atoms with Gasteiger partial charge in [-0.25, -0.2) is 9.78 Å². The summed E-state index contributed by atoms with van der Waals surface area (Å²) in [6.45, 7) is 2.50. The number of aromatic amines is 1. The Morgan fingerprint density at radius 3 is 2.75 bits per heavy atom. The molecular formula is C22H20N8O2. The van der Waals surface area contributed by atoms with Gasteiger partial charge in [0.25, 0.3) is 5.56 Å². The summed E-state index contributed by atoms with van der Waals surface area (Å²) in [5.74, 6) is 1.17. The molecule has 6 rings (SSSR count). The van der Waals surface area contributed by atoms with E-state index in [1.165, 1.54) is 4.57 Å². The molecular weight excluding hydrogens is 408 g/mol. The summed E-state index contributed by atoms with van der Waals surface area (Å²) in [4.78, 5) is 38.1. The quantitative estimate of drug-likeness (QED) is 0.460. The third-order valence-corrected chi connectivity index (χ3v) is 5.76. The molecule has 0 bridgehead atoms. The third kappa shape index (κ3) is 2.79. The maximum absolute atomic E-state index is 13.1. The van der Waals surface area contributed by atoms with Gasteiger partial charge in [0.05, 0.1) is 0 Å². The SMILES string of the molecule is CCCn1c(=O)n(C2CC2)c(=O)c2[nH]c(-c3ccc4nnc(-c5cccnc5)n4c3)nc21. The predicted octanol–water partition coefficient (Wildman–Crippen LogP) is 2.40. The van der Waals surface area contributed by atoms with Crippen molar-refractivity contribution < 1.29 is 0 Å². The zero-order chi connectivity index (χ0) is 21.8. The standard InChI is InChI=1S/C22H20N8O2/c1-2-10-28-20-17(21(31)30(22(28)32)15-6-7-15)24-18(25-20)14-5-8-16-26-27-19(29(16)12-14)13-4-3-9-23-11-13/h3-5,8-9,11-12,15H,2,6-7,10H2,1H3,(H,24,25). The van der Waals surface area contributed by atoms with Crippen LogP contribution >= 0.6 is 0 Å². The van der Waals surface area contributed by atoms with Crippen molar-refractivity contribution in [3.05, 3.63) is 63.7 Å². The lowest BCUT2D eigenvalue weighted by Crippen LogP contribution is -2.39. The van der Waals surface area contributed by atoms with Gasteiger partial charge in [-0.3, -0.25) is 23.3 Å². The predicted molar refractivity (Wildman–Crippen MR) is 118 cm³/mol. The Labute approximate surface area is 181 Å². The van der Waals surface area contributed by atoms with Crippen molar-refractivity contribution in [1.82, 2.24) is 38.7 Å². The second kappa shape index (κ2) is 6.98. The zero-order valence-electron chi connectivity index (χ0n) is 17.4. The minimum atomic E-state index is -0.306. The van der Waals surface area contributed by atoms with Crippen LogP contribution in [-0.4, -0.2) is 38.7 Å². The monoisotopic (exact) mass is 428 g/mol. The Bertz CT molecular complexity index is 1590. The fourth-order valence-electron chi connectivity index (χ4n) is 4.08. The first-order chi connectivity index (χ1) is 15.7. The molecule has 0 saturated heterocycles. The lowest BCUT2D eigenvalue weighted by Gasteiger charge is -2.09. The van der Waals surface area contributed by atoms with Crippen molar-refractivity contribution in [2.45, 2.75) is 38.8 Å². The maximum Gasteiger partial charge on any atom is 0.333 e. The molecule has 32 heavy (non-hydrogen) atoms. The molecule has 0 amide bonds.